The number of nitrogens with zero attached hydrogens (tertiary/aromatic N) is 1. The fourth-order valence-electron chi connectivity index (χ4n) is 1.13. The molecule has 4 nitrogen and oxygen atoms in total. The topological polar surface area (TPSA) is 57.8 Å². The molecule has 76 valence electrons. The fourth-order valence-corrected chi connectivity index (χ4v) is 1.53. The molecule has 0 aliphatic carbocycles. The highest BCUT2D eigenvalue weighted by atomic mass is 79.9. The summed E-state index contributed by atoms with van der Waals surface area (Å²) in [4.78, 5) is 10.8. The molecule has 15 heavy (non-hydrogen) atoms. The Hall–Kier alpha value is -1.62. The molecule has 1 heterocycles. The Morgan fingerprint density at radius 3 is 2.80 bits per heavy atom. The van der Waals surface area contributed by atoms with Gasteiger partial charge in [-0.05, 0) is 24.3 Å². The summed E-state index contributed by atoms with van der Waals surface area (Å²) < 4.78 is 0.983. The van der Waals surface area contributed by atoms with Crippen LogP contribution in [0.5, 0.6) is 0 Å². The molecule has 0 radical (unpaired) electrons. The summed E-state index contributed by atoms with van der Waals surface area (Å²) in [6, 6.07) is 10.7. The van der Waals surface area contributed by atoms with Crippen LogP contribution in [0.4, 0.5) is 11.5 Å². The highest BCUT2D eigenvalue weighted by Gasteiger charge is 1.96. The lowest BCUT2D eigenvalue weighted by Gasteiger charge is -2.04. The second-order valence-corrected chi connectivity index (χ2v) is 3.86. The number of anilines is 2. The van der Waals surface area contributed by atoms with Crippen molar-refractivity contribution in [2.45, 2.75) is 0 Å². The minimum absolute atomic E-state index is 0.213. The van der Waals surface area contributed by atoms with E-state index in [0.717, 1.165) is 10.2 Å². The van der Waals surface area contributed by atoms with Gasteiger partial charge < -0.3 is 5.32 Å². The lowest BCUT2D eigenvalue weighted by atomic mass is 10.3. The average molecular weight is 266 g/mol. The second-order valence-electron chi connectivity index (χ2n) is 2.94. The highest BCUT2D eigenvalue weighted by Crippen LogP contribution is 2.18. The van der Waals surface area contributed by atoms with Crippen molar-refractivity contribution in [1.29, 1.82) is 0 Å². The molecular weight excluding hydrogens is 258 g/mol. The molecule has 2 aromatic rings. The van der Waals surface area contributed by atoms with Crippen LogP contribution in [0.1, 0.15) is 0 Å². The number of halogens is 1. The van der Waals surface area contributed by atoms with Crippen molar-refractivity contribution >= 4 is 27.4 Å². The molecule has 0 bridgehead atoms. The number of aromatic amines is 1. The van der Waals surface area contributed by atoms with Crippen molar-refractivity contribution < 1.29 is 0 Å². The van der Waals surface area contributed by atoms with E-state index in [2.05, 4.69) is 31.4 Å². The SMILES string of the molecule is O=c1ccc(Nc2cccc(Br)c2)n[nH]1. The number of aromatic nitrogens is 2. The van der Waals surface area contributed by atoms with Crippen LogP contribution in [0.3, 0.4) is 0 Å². The lowest BCUT2D eigenvalue weighted by Crippen LogP contribution is -2.07. The van der Waals surface area contributed by atoms with Gasteiger partial charge in [0.05, 0.1) is 0 Å². The Bertz CT molecular complexity index is 504. The number of rotatable bonds is 2. The summed E-state index contributed by atoms with van der Waals surface area (Å²) >= 11 is 3.37. The lowest BCUT2D eigenvalue weighted by molar-refractivity contribution is 0.994. The van der Waals surface area contributed by atoms with Crippen molar-refractivity contribution in [2.24, 2.45) is 0 Å². The third kappa shape index (κ3) is 2.66. The zero-order valence-electron chi connectivity index (χ0n) is 7.70. The molecule has 0 unspecified atom stereocenters. The normalized spacial score (nSPS) is 9.93. The first-order valence-corrected chi connectivity index (χ1v) is 5.12. The Kier molecular flexibility index (Phi) is 2.82. The first-order valence-electron chi connectivity index (χ1n) is 4.32. The van der Waals surface area contributed by atoms with E-state index in [9.17, 15) is 4.79 Å². The molecule has 0 spiro atoms. The van der Waals surface area contributed by atoms with Crippen LogP contribution in [-0.4, -0.2) is 10.2 Å². The summed E-state index contributed by atoms with van der Waals surface area (Å²) in [7, 11) is 0. The molecule has 0 saturated heterocycles. The standard InChI is InChI=1S/C10H8BrN3O/c11-7-2-1-3-8(6-7)12-9-4-5-10(15)14-13-9/h1-6H,(H,12,13)(H,14,15). The maximum atomic E-state index is 10.8. The minimum Gasteiger partial charge on any atom is -0.339 e. The molecule has 1 aromatic carbocycles. The van der Waals surface area contributed by atoms with Gasteiger partial charge in [-0.1, -0.05) is 22.0 Å². The van der Waals surface area contributed by atoms with Crippen molar-refractivity contribution in [3.05, 3.63) is 51.2 Å². The van der Waals surface area contributed by atoms with E-state index in [0.29, 0.717) is 5.82 Å². The van der Waals surface area contributed by atoms with Gasteiger partial charge in [0.1, 0.15) is 0 Å². The quantitative estimate of drug-likeness (QED) is 0.876. The average Bonchev–Trinajstić information content (AvgIpc) is 2.22. The van der Waals surface area contributed by atoms with Crippen LogP contribution in [-0.2, 0) is 0 Å². The number of H-pyrrole nitrogens is 1. The largest absolute Gasteiger partial charge is 0.339 e. The molecule has 0 amide bonds. The van der Waals surface area contributed by atoms with Crippen molar-refractivity contribution in [2.75, 3.05) is 5.32 Å². The number of nitrogens with one attached hydrogen (secondary N) is 2. The van der Waals surface area contributed by atoms with Gasteiger partial charge in [0.2, 0.25) is 0 Å². The van der Waals surface area contributed by atoms with Gasteiger partial charge in [0.15, 0.2) is 5.82 Å². The summed E-state index contributed by atoms with van der Waals surface area (Å²) in [6.07, 6.45) is 0. The molecule has 0 aliphatic heterocycles. The number of hydrogen-bond acceptors (Lipinski definition) is 3. The monoisotopic (exact) mass is 265 g/mol. The molecule has 1 aromatic heterocycles. The van der Waals surface area contributed by atoms with Gasteiger partial charge in [-0.3, -0.25) is 4.79 Å². The van der Waals surface area contributed by atoms with E-state index in [4.69, 9.17) is 0 Å². The third-order valence-electron chi connectivity index (χ3n) is 1.78. The van der Waals surface area contributed by atoms with Crippen LogP contribution in [0.2, 0.25) is 0 Å². The van der Waals surface area contributed by atoms with E-state index in [-0.39, 0.29) is 5.56 Å². The maximum absolute atomic E-state index is 10.8. The third-order valence-corrected chi connectivity index (χ3v) is 2.27. The van der Waals surface area contributed by atoms with E-state index in [1.807, 2.05) is 24.3 Å². The van der Waals surface area contributed by atoms with Crippen molar-refractivity contribution in [3.8, 4) is 0 Å². The molecule has 5 heteroatoms. The van der Waals surface area contributed by atoms with Crippen molar-refractivity contribution in [3.63, 3.8) is 0 Å². The first kappa shape index (κ1) is 9.92. The van der Waals surface area contributed by atoms with Crippen LogP contribution >= 0.6 is 15.9 Å². The van der Waals surface area contributed by atoms with Crippen LogP contribution < -0.4 is 10.9 Å². The zero-order chi connectivity index (χ0) is 10.7. The molecule has 0 saturated carbocycles. The summed E-state index contributed by atoms with van der Waals surface area (Å²) in [5.41, 5.74) is 0.693. The van der Waals surface area contributed by atoms with E-state index >= 15 is 0 Å². The fraction of sp³-hybridized carbons (Fsp3) is 0. The van der Waals surface area contributed by atoms with E-state index in [1.54, 1.807) is 6.07 Å². The number of hydrogen-bond donors (Lipinski definition) is 2. The smallest absolute Gasteiger partial charge is 0.264 e. The summed E-state index contributed by atoms with van der Waals surface area (Å²) in [6.45, 7) is 0. The molecule has 0 aliphatic rings. The molecule has 0 fully saturated rings. The highest BCUT2D eigenvalue weighted by molar-refractivity contribution is 9.10. The van der Waals surface area contributed by atoms with Crippen LogP contribution in [0.25, 0.3) is 0 Å². The van der Waals surface area contributed by atoms with Gasteiger partial charge >= 0.3 is 0 Å². The van der Waals surface area contributed by atoms with Gasteiger partial charge in [-0.25, -0.2) is 5.10 Å². The predicted octanol–water partition coefficient (Wildman–Crippen LogP) is 2.28. The first-order chi connectivity index (χ1) is 7.24. The molecular formula is C10H8BrN3O. The Labute approximate surface area is 94.5 Å². The van der Waals surface area contributed by atoms with Gasteiger partial charge in [-0.2, -0.15) is 5.10 Å². The Morgan fingerprint density at radius 1 is 1.27 bits per heavy atom. The van der Waals surface area contributed by atoms with Crippen LogP contribution in [0, 0.1) is 0 Å². The number of benzene rings is 1. The minimum atomic E-state index is -0.213. The Balaban J connectivity index is 2.22. The van der Waals surface area contributed by atoms with Crippen LogP contribution in [0.15, 0.2) is 45.7 Å². The second kappa shape index (κ2) is 4.27. The van der Waals surface area contributed by atoms with Gasteiger partial charge in [0.25, 0.3) is 5.56 Å². The van der Waals surface area contributed by atoms with Crippen molar-refractivity contribution in [1.82, 2.24) is 10.2 Å². The maximum Gasteiger partial charge on any atom is 0.264 e. The summed E-state index contributed by atoms with van der Waals surface area (Å²) in [5, 5.41) is 9.25. The predicted molar refractivity (Wildman–Crippen MR) is 62.3 cm³/mol. The zero-order valence-corrected chi connectivity index (χ0v) is 9.28. The van der Waals surface area contributed by atoms with E-state index in [1.165, 1.54) is 6.07 Å². The van der Waals surface area contributed by atoms with Gasteiger partial charge in [0, 0.05) is 16.2 Å². The molecule has 2 N–H and O–H groups in total. The van der Waals surface area contributed by atoms with Gasteiger partial charge in [-0.15, -0.1) is 0 Å². The molecule has 2 rings (SSSR count). The summed E-state index contributed by atoms with van der Waals surface area (Å²) in [5.74, 6) is 0.604. The Morgan fingerprint density at radius 2 is 2.13 bits per heavy atom. The van der Waals surface area contributed by atoms with E-state index < -0.39 is 0 Å². The molecule has 0 atom stereocenters.